The first-order chi connectivity index (χ1) is 11.2. The lowest BCUT2D eigenvalue weighted by atomic mass is 9.87. The minimum Gasteiger partial charge on any atom is -0.508 e. The Morgan fingerprint density at radius 2 is 2.13 bits per heavy atom. The van der Waals surface area contributed by atoms with Crippen molar-refractivity contribution >= 4 is 11.7 Å². The summed E-state index contributed by atoms with van der Waals surface area (Å²) < 4.78 is 7.08. The van der Waals surface area contributed by atoms with Crippen molar-refractivity contribution in [3.05, 3.63) is 65.7 Å². The Morgan fingerprint density at radius 1 is 1.30 bits per heavy atom. The normalized spacial score (nSPS) is 16.9. The number of amides is 1. The first kappa shape index (κ1) is 13.6. The molecule has 4 rings (SSSR count). The molecular formula is C17H15N3O3. The standard InChI is InChI=1S/C17H15N3O3/c21-12-5-3-11(4-6-12)14-8-16(22)19-17-15(14)9-18-20(17)10-13-2-1-7-23-13/h1-7,9,14,21H,8,10H2,(H,19,22)/t14-/m0/s1. The molecule has 3 heterocycles. The van der Waals surface area contributed by atoms with E-state index in [-0.39, 0.29) is 17.6 Å². The molecule has 1 aliphatic rings. The van der Waals surface area contributed by atoms with Gasteiger partial charge in [0.1, 0.15) is 23.9 Å². The van der Waals surface area contributed by atoms with Crippen molar-refractivity contribution in [3.63, 3.8) is 0 Å². The highest BCUT2D eigenvalue weighted by Gasteiger charge is 2.30. The number of hydrogen-bond donors (Lipinski definition) is 2. The smallest absolute Gasteiger partial charge is 0.226 e. The number of furan rings is 1. The van der Waals surface area contributed by atoms with Gasteiger partial charge in [0.15, 0.2) is 0 Å². The summed E-state index contributed by atoms with van der Waals surface area (Å²) in [6.07, 6.45) is 3.77. The van der Waals surface area contributed by atoms with Gasteiger partial charge < -0.3 is 14.8 Å². The van der Waals surface area contributed by atoms with Crippen LogP contribution in [0.5, 0.6) is 5.75 Å². The molecule has 2 N–H and O–H groups in total. The van der Waals surface area contributed by atoms with Gasteiger partial charge in [-0.25, -0.2) is 4.68 Å². The fraction of sp³-hybridized carbons (Fsp3) is 0.176. The molecule has 0 bridgehead atoms. The Kier molecular flexibility index (Phi) is 3.15. The fourth-order valence-electron chi connectivity index (χ4n) is 2.94. The molecule has 1 aromatic carbocycles. The fourth-order valence-corrected chi connectivity index (χ4v) is 2.94. The van der Waals surface area contributed by atoms with Crippen LogP contribution in [-0.2, 0) is 11.3 Å². The number of nitrogens with one attached hydrogen (secondary N) is 1. The van der Waals surface area contributed by atoms with Gasteiger partial charge in [-0.1, -0.05) is 12.1 Å². The second-order valence-corrected chi connectivity index (χ2v) is 5.58. The van der Waals surface area contributed by atoms with E-state index in [0.29, 0.717) is 18.8 Å². The van der Waals surface area contributed by atoms with Gasteiger partial charge in [-0.15, -0.1) is 0 Å². The van der Waals surface area contributed by atoms with Crippen LogP contribution in [0.4, 0.5) is 5.82 Å². The summed E-state index contributed by atoms with van der Waals surface area (Å²) in [6.45, 7) is 0.463. The quantitative estimate of drug-likeness (QED) is 0.779. The second kappa shape index (κ2) is 5.31. The number of aromatic nitrogens is 2. The van der Waals surface area contributed by atoms with Crippen LogP contribution in [0.1, 0.15) is 29.2 Å². The van der Waals surface area contributed by atoms with Gasteiger partial charge >= 0.3 is 0 Å². The molecule has 0 aliphatic carbocycles. The Morgan fingerprint density at radius 3 is 2.87 bits per heavy atom. The summed E-state index contributed by atoms with van der Waals surface area (Å²) in [5, 5.41) is 16.7. The molecular weight excluding hydrogens is 294 g/mol. The molecule has 1 atom stereocenters. The number of fused-ring (bicyclic) bond motifs is 1. The maximum atomic E-state index is 12.1. The van der Waals surface area contributed by atoms with Gasteiger partial charge in [0.05, 0.1) is 12.5 Å². The molecule has 6 heteroatoms. The van der Waals surface area contributed by atoms with Crippen molar-refractivity contribution in [1.29, 1.82) is 0 Å². The third kappa shape index (κ3) is 2.48. The van der Waals surface area contributed by atoms with E-state index in [1.165, 1.54) is 0 Å². The van der Waals surface area contributed by atoms with Gasteiger partial charge in [0, 0.05) is 17.9 Å². The third-order valence-electron chi connectivity index (χ3n) is 4.07. The van der Waals surface area contributed by atoms with Crippen molar-refractivity contribution in [2.45, 2.75) is 18.9 Å². The van der Waals surface area contributed by atoms with Crippen LogP contribution in [0.2, 0.25) is 0 Å². The third-order valence-corrected chi connectivity index (χ3v) is 4.07. The molecule has 0 unspecified atom stereocenters. The number of anilines is 1. The average Bonchev–Trinajstić information content (AvgIpc) is 3.18. The summed E-state index contributed by atoms with van der Waals surface area (Å²) in [6, 6.07) is 10.6. The van der Waals surface area contributed by atoms with Gasteiger partial charge in [-0.2, -0.15) is 5.10 Å². The summed E-state index contributed by atoms with van der Waals surface area (Å²) in [5.41, 5.74) is 1.96. The predicted molar refractivity (Wildman–Crippen MR) is 83.2 cm³/mol. The summed E-state index contributed by atoms with van der Waals surface area (Å²) in [4.78, 5) is 12.1. The highest BCUT2D eigenvalue weighted by atomic mass is 16.3. The second-order valence-electron chi connectivity index (χ2n) is 5.58. The molecule has 0 saturated carbocycles. The summed E-state index contributed by atoms with van der Waals surface area (Å²) >= 11 is 0. The van der Waals surface area contributed by atoms with E-state index in [2.05, 4.69) is 10.4 Å². The van der Waals surface area contributed by atoms with Crippen molar-refractivity contribution < 1.29 is 14.3 Å². The number of rotatable bonds is 3. The van der Waals surface area contributed by atoms with Crippen molar-refractivity contribution in [3.8, 4) is 5.75 Å². The molecule has 0 radical (unpaired) electrons. The van der Waals surface area contributed by atoms with Crippen LogP contribution >= 0.6 is 0 Å². The van der Waals surface area contributed by atoms with E-state index in [9.17, 15) is 9.90 Å². The molecule has 116 valence electrons. The molecule has 0 saturated heterocycles. The Bertz CT molecular complexity index is 835. The van der Waals surface area contributed by atoms with Crippen molar-refractivity contribution in [2.75, 3.05) is 5.32 Å². The van der Waals surface area contributed by atoms with Gasteiger partial charge in [0.2, 0.25) is 5.91 Å². The number of phenols is 1. The van der Waals surface area contributed by atoms with Crippen LogP contribution in [0.3, 0.4) is 0 Å². The zero-order valence-corrected chi connectivity index (χ0v) is 12.3. The lowest BCUT2D eigenvalue weighted by molar-refractivity contribution is -0.116. The Labute approximate surface area is 132 Å². The van der Waals surface area contributed by atoms with Crippen LogP contribution < -0.4 is 5.32 Å². The average molecular weight is 309 g/mol. The first-order valence-corrected chi connectivity index (χ1v) is 7.37. The lowest BCUT2D eigenvalue weighted by Crippen LogP contribution is -2.25. The Hall–Kier alpha value is -3.02. The first-order valence-electron chi connectivity index (χ1n) is 7.37. The number of benzene rings is 1. The van der Waals surface area contributed by atoms with E-state index in [4.69, 9.17) is 4.42 Å². The number of hydrogen-bond acceptors (Lipinski definition) is 4. The highest BCUT2D eigenvalue weighted by molar-refractivity contribution is 5.94. The van der Waals surface area contributed by atoms with Crippen LogP contribution in [0.25, 0.3) is 0 Å². The topological polar surface area (TPSA) is 80.3 Å². The Balaban J connectivity index is 1.72. The molecule has 0 spiro atoms. The predicted octanol–water partition coefficient (Wildman–Crippen LogP) is 2.70. The van der Waals surface area contributed by atoms with Gasteiger partial charge in [0.25, 0.3) is 0 Å². The number of nitrogens with zero attached hydrogens (tertiary/aromatic N) is 2. The number of phenolic OH excluding ortho intramolecular Hbond substituents is 1. The maximum Gasteiger partial charge on any atom is 0.226 e. The van der Waals surface area contributed by atoms with Crippen LogP contribution in [0.15, 0.2) is 53.3 Å². The SMILES string of the molecule is O=C1C[C@@H](c2ccc(O)cc2)c2cnn(Cc3ccco3)c2N1. The van der Waals surface area contributed by atoms with E-state index >= 15 is 0 Å². The largest absolute Gasteiger partial charge is 0.508 e. The molecule has 1 amide bonds. The lowest BCUT2D eigenvalue weighted by Gasteiger charge is -2.23. The van der Waals surface area contributed by atoms with Crippen molar-refractivity contribution in [2.24, 2.45) is 0 Å². The zero-order valence-electron chi connectivity index (χ0n) is 12.3. The molecule has 23 heavy (non-hydrogen) atoms. The summed E-state index contributed by atoms with van der Waals surface area (Å²) in [7, 11) is 0. The monoisotopic (exact) mass is 309 g/mol. The van der Waals surface area contributed by atoms with E-state index in [1.54, 1.807) is 29.3 Å². The van der Waals surface area contributed by atoms with Gasteiger partial charge in [-0.05, 0) is 29.8 Å². The molecule has 2 aromatic heterocycles. The zero-order chi connectivity index (χ0) is 15.8. The number of carbonyl (C=O) groups excluding carboxylic acids is 1. The molecule has 6 nitrogen and oxygen atoms in total. The van der Waals surface area contributed by atoms with E-state index < -0.39 is 0 Å². The number of aromatic hydroxyl groups is 1. The van der Waals surface area contributed by atoms with E-state index in [1.807, 2.05) is 24.3 Å². The van der Waals surface area contributed by atoms with Crippen LogP contribution in [0, 0.1) is 0 Å². The molecule has 1 aliphatic heterocycles. The van der Waals surface area contributed by atoms with Crippen LogP contribution in [-0.4, -0.2) is 20.8 Å². The van der Waals surface area contributed by atoms with E-state index in [0.717, 1.165) is 16.9 Å². The maximum absolute atomic E-state index is 12.1. The van der Waals surface area contributed by atoms with Gasteiger partial charge in [-0.3, -0.25) is 4.79 Å². The van der Waals surface area contributed by atoms with Crippen molar-refractivity contribution in [1.82, 2.24) is 9.78 Å². The minimum absolute atomic E-state index is 0.0447. The number of carbonyl (C=O) groups is 1. The summed E-state index contributed by atoms with van der Waals surface area (Å²) in [5.74, 6) is 1.58. The molecule has 3 aromatic rings. The highest BCUT2D eigenvalue weighted by Crippen LogP contribution is 2.37. The minimum atomic E-state index is -0.0651. The molecule has 0 fully saturated rings.